The van der Waals surface area contributed by atoms with Crippen molar-refractivity contribution < 1.29 is 9.53 Å². The highest BCUT2D eigenvalue weighted by Gasteiger charge is 2.30. The van der Waals surface area contributed by atoms with E-state index >= 15 is 0 Å². The number of methoxy groups -OCH3 is 1. The van der Waals surface area contributed by atoms with Gasteiger partial charge in [-0.05, 0) is 37.0 Å². The number of nitrogens with one attached hydrogen (secondary N) is 1. The highest BCUT2D eigenvalue weighted by Crippen LogP contribution is 2.29. The topological polar surface area (TPSA) is 71.1 Å². The Kier molecular flexibility index (Phi) is 4.48. The third-order valence-corrected chi connectivity index (χ3v) is 4.02. The molecule has 0 aliphatic carbocycles. The molecule has 3 rings (SSSR count). The van der Waals surface area contributed by atoms with E-state index in [9.17, 15) is 4.79 Å². The summed E-state index contributed by atoms with van der Waals surface area (Å²) in [6, 6.07) is 7.59. The normalized spacial score (nSPS) is 18.4. The molecular formula is C16H20N4O2. The van der Waals surface area contributed by atoms with Crippen LogP contribution in [0, 0.1) is 0 Å². The zero-order valence-corrected chi connectivity index (χ0v) is 12.7. The van der Waals surface area contributed by atoms with Gasteiger partial charge in [0.15, 0.2) is 0 Å². The number of hydrogen-bond acceptors (Lipinski definition) is 4. The van der Waals surface area contributed by atoms with Crippen LogP contribution in [0.15, 0.2) is 30.6 Å². The summed E-state index contributed by atoms with van der Waals surface area (Å²) in [4.78, 5) is 18.9. The fourth-order valence-electron chi connectivity index (χ4n) is 2.91. The number of piperidine rings is 1. The number of carbonyl (C=O) groups excluding carboxylic acids is 1. The van der Waals surface area contributed by atoms with E-state index in [1.807, 2.05) is 29.2 Å². The molecule has 0 bridgehead atoms. The Balaban J connectivity index is 1.79. The van der Waals surface area contributed by atoms with Gasteiger partial charge in [-0.1, -0.05) is 12.1 Å². The molecule has 6 heteroatoms. The smallest absolute Gasteiger partial charge is 0.254 e. The van der Waals surface area contributed by atoms with Crippen LogP contribution in [0.3, 0.4) is 0 Å². The van der Waals surface area contributed by atoms with E-state index in [-0.39, 0.29) is 11.9 Å². The SMILES string of the molecule is COCc1ccc(C(=O)N2CCCC[C@@H]2c2ncn[nH]2)cc1. The van der Waals surface area contributed by atoms with E-state index in [2.05, 4.69) is 15.2 Å². The zero-order chi connectivity index (χ0) is 15.4. The van der Waals surface area contributed by atoms with Gasteiger partial charge in [-0.15, -0.1) is 0 Å². The lowest BCUT2D eigenvalue weighted by atomic mass is 10.00. The third kappa shape index (κ3) is 3.01. The van der Waals surface area contributed by atoms with Crippen molar-refractivity contribution in [3.8, 4) is 0 Å². The van der Waals surface area contributed by atoms with E-state index in [0.29, 0.717) is 12.2 Å². The van der Waals surface area contributed by atoms with Crippen LogP contribution < -0.4 is 0 Å². The number of aromatic amines is 1. The molecule has 2 aromatic rings. The third-order valence-electron chi connectivity index (χ3n) is 4.02. The van der Waals surface area contributed by atoms with E-state index in [1.165, 1.54) is 6.33 Å². The van der Waals surface area contributed by atoms with Crippen molar-refractivity contribution >= 4 is 5.91 Å². The Hall–Kier alpha value is -2.21. The molecule has 0 radical (unpaired) electrons. The number of likely N-dealkylation sites (tertiary alicyclic amines) is 1. The Morgan fingerprint density at radius 1 is 1.36 bits per heavy atom. The van der Waals surface area contributed by atoms with Crippen molar-refractivity contribution in [1.29, 1.82) is 0 Å². The molecule has 1 aliphatic rings. The molecule has 22 heavy (non-hydrogen) atoms. The first-order valence-corrected chi connectivity index (χ1v) is 7.53. The highest BCUT2D eigenvalue weighted by atomic mass is 16.5. The van der Waals surface area contributed by atoms with E-state index < -0.39 is 0 Å². The fraction of sp³-hybridized carbons (Fsp3) is 0.438. The fourth-order valence-corrected chi connectivity index (χ4v) is 2.91. The van der Waals surface area contributed by atoms with Gasteiger partial charge >= 0.3 is 0 Å². The van der Waals surface area contributed by atoms with Crippen LogP contribution >= 0.6 is 0 Å². The molecule has 1 aliphatic heterocycles. The number of ether oxygens (including phenoxy) is 1. The van der Waals surface area contributed by atoms with E-state index in [4.69, 9.17) is 4.74 Å². The van der Waals surface area contributed by atoms with Crippen LogP contribution in [0.1, 0.15) is 47.1 Å². The summed E-state index contributed by atoms with van der Waals surface area (Å²) < 4.78 is 5.10. The summed E-state index contributed by atoms with van der Waals surface area (Å²) >= 11 is 0. The van der Waals surface area contributed by atoms with Crippen LogP contribution in [-0.2, 0) is 11.3 Å². The maximum absolute atomic E-state index is 12.8. The largest absolute Gasteiger partial charge is 0.380 e. The number of amides is 1. The van der Waals surface area contributed by atoms with E-state index in [0.717, 1.165) is 37.2 Å². The minimum Gasteiger partial charge on any atom is -0.380 e. The van der Waals surface area contributed by atoms with Gasteiger partial charge in [-0.25, -0.2) is 4.98 Å². The van der Waals surface area contributed by atoms with Gasteiger partial charge in [0.1, 0.15) is 12.2 Å². The van der Waals surface area contributed by atoms with Crippen LogP contribution in [-0.4, -0.2) is 39.6 Å². The second kappa shape index (κ2) is 6.70. The van der Waals surface area contributed by atoms with Crippen molar-refractivity contribution in [3.63, 3.8) is 0 Å². The Morgan fingerprint density at radius 3 is 2.86 bits per heavy atom. The first-order chi connectivity index (χ1) is 10.8. The molecule has 1 saturated heterocycles. The summed E-state index contributed by atoms with van der Waals surface area (Å²) in [5, 5.41) is 6.81. The average molecular weight is 300 g/mol. The summed E-state index contributed by atoms with van der Waals surface area (Å²) in [6.07, 6.45) is 4.54. The first kappa shape index (κ1) is 14.7. The number of aromatic nitrogens is 3. The van der Waals surface area contributed by atoms with Crippen molar-refractivity contribution in [2.75, 3.05) is 13.7 Å². The molecule has 1 aromatic carbocycles. The van der Waals surface area contributed by atoms with Gasteiger partial charge < -0.3 is 9.64 Å². The molecule has 0 unspecified atom stereocenters. The number of H-pyrrole nitrogens is 1. The van der Waals surface area contributed by atoms with Crippen molar-refractivity contribution in [2.45, 2.75) is 31.9 Å². The molecule has 6 nitrogen and oxygen atoms in total. The maximum Gasteiger partial charge on any atom is 0.254 e. The van der Waals surface area contributed by atoms with Crippen LogP contribution in [0.2, 0.25) is 0 Å². The number of nitrogens with zero attached hydrogens (tertiary/aromatic N) is 3. The van der Waals surface area contributed by atoms with Crippen LogP contribution in [0.4, 0.5) is 0 Å². The molecular weight excluding hydrogens is 280 g/mol. The summed E-state index contributed by atoms with van der Waals surface area (Å²) in [6.45, 7) is 1.31. The molecule has 1 amide bonds. The number of benzene rings is 1. The van der Waals surface area contributed by atoms with Gasteiger partial charge in [0.05, 0.1) is 12.6 Å². The standard InChI is InChI=1S/C16H20N4O2/c1-22-10-12-5-7-13(8-6-12)16(21)20-9-3-2-4-14(20)15-17-11-18-19-15/h5-8,11,14H,2-4,9-10H2,1H3,(H,17,18,19)/t14-/m1/s1. The molecule has 1 atom stereocenters. The lowest BCUT2D eigenvalue weighted by Gasteiger charge is -2.34. The minimum atomic E-state index is -0.0117. The lowest BCUT2D eigenvalue weighted by molar-refractivity contribution is 0.0600. The maximum atomic E-state index is 12.8. The zero-order valence-electron chi connectivity index (χ0n) is 12.7. The number of rotatable bonds is 4. The predicted octanol–water partition coefficient (Wildman–Crippen LogP) is 2.32. The Morgan fingerprint density at radius 2 is 2.18 bits per heavy atom. The van der Waals surface area contributed by atoms with Gasteiger partial charge in [0.2, 0.25) is 0 Å². The van der Waals surface area contributed by atoms with Gasteiger partial charge in [0.25, 0.3) is 5.91 Å². The van der Waals surface area contributed by atoms with Crippen molar-refractivity contribution in [2.24, 2.45) is 0 Å². The number of hydrogen-bond donors (Lipinski definition) is 1. The van der Waals surface area contributed by atoms with Crippen molar-refractivity contribution in [3.05, 3.63) is 47.5 Å². The molecule has 1 aromatic heterocycles. The molecule has 1 N–H and O–H groups in total. The first-order valence-electron chi connectivity index (χ1n) is 7.53. The summed E-state index contributed by atoms with van der Waals surface area (Å²) in [7, 11) is 1.66. The van der Waals surface area contributed by atoms with Gasteiger partial charge in [-0.3, -0.25) is 9.89 Å². The second-order valence-corrected chi connectivity index (χ2v) is 5.51. The minimum absolute atomic E-state index is 0.0117. The Labute approximate surface area is 129 Å². The quantitative estimate of drug-likeness (QED) is 0.940. The van der Waals surface area contributed by atoms with Gasteiger partial charge in [0, 0.05) is 19.2 Å². The number of carbonyl (C=O) groups is 1. The van der Waals surface area contributed by atoms with Gasteiger partial charge in [-0.2, -0.15) is 5.10 Å². The molecule has 2 heterocycles. The lowest BCUT2D eigenvalue weighted by Crippen LogP contribution is -2.39. The molecule has 0 spiro atoms. The predicted molar refractivity (Wildman–Crippen MR) is 81.2 cm³/mol. The summed E-state index contributed by atoms with van der Waals surface area (Å²) in [5.74, 6) is 0.814. The average Bonchev–Trinajstić information content (AvgIpc) is 3.10. The van der Waals surface area contributed by atoms with E-state index in [1.54, 1.807) is 7.11 Å². The molecule has 116 valence electrons. The molecule has 1 fully saturated rings. The molecule has 0 saturated carbocycles. The summed E-state index contributed by atoms with van der Waals surface area (Å²) in [5.41, 5.74) is 1.76. The second-order valence-electron chi connectivity index (χ2n) is 5.51. The van der Waals surface area contributed by atoms with Crippen LogP contribution in [0.25, 0.3) is 0 Å². The highest BCUT2D eigenvalue weighted by molar-refractivity contribution is 5.94. The van der Waals surface area contributed by atoms with Crippen molar-refractivity contribution in [1.82, 2.24) is 20.1 Å². The monoisotopic (exact) mass is 300 g/mol. The van der Waals surface area contributed by atoms with Crippen LogP contribution in [0.5, 0.6) is 0 Å². The Bertz CT molecular complexity index is 610.